The number of nitrogens with one attached hydrogen (secondary N) is 3. The first kappa shape index (κ1) is 31.8. The largest absolute Gasteiger partial charge is 0.480 e. The van der Waals surface area contributed by atoms with Gasteiger partial charge in [-0.15, -0.1) is 0 Å². The molecule has 0 bridgehead atoms. The van der Waals surface area contributed by atoms with E-state index in [1.54, 1.807) is 30.3 Å². The molecule has 15 nitrogen and oxygen atoms in total. The van der Waals surface area contributed by atoms with Crippen LogP contribution in [0.3, 0.4) is 0 Å². The number of nitrogens with two attached hydrogens (primary N) is 4. The van der Waals surface area contributed by atoms with Crippen LogP contribution in [0.15, 0.2) is 35.3 Å². The van der Waals surface area contributed by atoms with Gasteiger partial charge in [-0.05, 0) is 31.7 Å². The third-order valence-corrected chi connectivity index (χ3v) is 5.30. The Hall–Kier alpha value is -4.24. The van der Waals surface area contributed by atoms with Gasteiger partial charge in [0.25, 0.3) is 0 Å². The summed E-state index contributed by atoms with van der Waals surface area (Å²) in [5.41, 5.74) is 22.5. The van der Waals surface area contributed by atoms with Crippen molar-refractivity contribution >= 4 is 35.6 Å². The molecule has 0 aliphatic carbocycles. The number of aliphatic hydroxyl groups excluding tert-OH is 1. The number of guanidine groups is 1. The third kappa shape index (κ3) is 11.7. The minimum absolute atomic E-state index is 0.0503. The van der Waals surface area contributed by atoms with Crippen LogP contribution in [0.5, 0.6) is 0 Å². The molecule has 0 aliphatic rings. The SMILES string of the molecule is CC(O)C(NC(=O)C(CCCN=C(N)N)NC(=O)C(CC(N)=O)NC(=O)C(N)Cc1ccccc1)C(=O)O. The monoisotopic (exact) mass is 536 g/mol. The van der Waals surface area contributed by atoms with Crippen molar-refractivity contribution in [3.05, 3.63) is 35.9 Å². The molecule has 1 rings (SSSR count). The second-order valence-electron chi connectivity index (χ2n) is 8.60. The van der Waals surface area contributed by atoms with E-state index in [0.29, 0.717) is 0 Å². The second kappa shape index (κ2) is 15.8. The standard InChI is InChI=1S/C23H36N8O7/c1-12(32)18(22(37)38)31-20(35)15(8-5-9-28-23(26)27)29-21(36)16(11-17(25)33)30-19(34)14(24)10-13-6-3-2-4-7-13/h2-4,6-7,12,14-16,18,32H,5,8-11,24H2,1H3,(H2,25,33)(H,29,36)(H,30,34)(H,31,35)(H,37,38)(H4,26,27,28). The van der Waals surface area contributed by atoms with Gasteiger partial charge in [0.15, 0.2) is 12.0 Å². The molecule has 5 atom stereocenters. The minimum atomic E-state index is -1.66. The Labute approximate surface area is 219 Å². The van der Waals surface area contributed by atoms with E-state index in [-0.39, 0.29) is 31.8 Å². The van der Waals surface area contributed by atoms with Crippen LogP contribution in [0.2, 0.25) is 0 Å². The third-order valence-electron chi connectivity index (χ3n) is 5.30. The quantitative estimate of drug-likeness (QED) is 0.0568. The van der Waals surface area contributed by atoms with E-state index < -0.39 is 66.3 Å². The van der Waals surface area contributed by atoms with Gasteiger partial charge in [0.05, 0.1) is 18.6 Å². The minimum Gasteiger partial charge on any atom is -0.480 e. The summed E-state index contributed by atoms with van der Waals surface area (Å²) >= 11 is 0. The van der Waals surface area contributed by atoms with E-state index in [2.05, 4.69) is 20.9 Å². The number of benzene rings is 1. The number of carboxylic acids is 1. The Morgan fingerprint density at radius 1 is 0.921 bits per heavy atom. The average molecular weight is 537 g/mol. The van der Waals surface area contributed by atoms with Crippen molar-refractivity contribution in [1.29, 1.82) is 0 Å². The molecule has 0 aliphatic heterocycles. The van der Waals surface area contributed by atoms with Gasteiger partial charge in [-0.25, -0.2) is 4.79 Å². The molecule has 38 heavy (non-hydrogen) atoms. The smallest absolute Gasteiger partial charge is 0.328 e. The van der Waals surface area contributed by atoms with Crippen molar-refractivity contribution in [3.63, 3.8) is 0 Å². The lowest BCUT2D eigenvalue weighted by molar-refractivity contribution is -0.145. The van der Waals surface area contributed by atoms with Gasteiger partial charge in [-0.3, -0.25) is 24.2 Å². The summed E-state index contributed by atoms with van der Waals surface area (Å²) < 4.78 is 0. The van der Waals surface area contributed by atoms with Crippen LogP contribution in [0.25, 0.3) is 0 Å². The number of aliphatic hydroxyl groups is 1. The number of hydrogen-bond acceptors (Lipinski definition) is 8. The maximum absolute atomic E-state index is 13.0. The first-order valence-corrected chi connectivity index (χ1v) is 11.8. The highest BCUT2D eigenvalue weighted by Gasteiger charge is 2.32. The summed E-state index contributed by atoms with van der Waals surface area (Å²) in [4.78, 5) is 65.3. The van der Waals surface area contributed by atoms with E-state index in [1.165, 1.54) is 6.92 Å². The van der Waals surface area contributed by atoms with E-state index in [1.807, 2.05) is 0 Å². The number of hydrogen-bond donors (Lipinski definition) is 9. The number of primary amides is 1. The molecule has 0 aromatic heterocycles. The van der Waals surface area contributed by atoms with Gasteiger partial charge in [0.2, 0.25) is 23.6 Å². The summed E-state index contributed by atoms with van der Waals surface area (Å²) in [6.07, 6.45) is -1.74. The maximum atomic E-state index is 13.0. The van der Waals surface area contributed by atoms with Gasteiger partial charge < -0.3 is 49.1 Å². The highest BCUT2D eigenvalue weighted by Crippen LogP contribution is 2.05. The number of aliphatic carboxylic acids is 1. The van der Waals surface area contributed by atoms with E-state index in [9.17, 15) is 34.2 Å². The molecule has 1 aromatic carbocycles. The fourth-order valence-electron chi connectivity index (χ4n) is 3.34. The van der Waals surface area contributed by atoms with Crippen molar-refractivity contribution in [2.75, 3.05) is 6.54 Å². The van der Waals surface area contributed by atoms with Gasteiger partial charge >= 0.3 is 5.97 Å². The molecule has 0 saturated carbocycles. The Kier molecular flexibility index (Phi) is 13.2. The van der Waals surface area contributed by atoms with Crippen molar-refractivity contribution in [3.8, 4) is 0 Å². The number of carbonyl (C=O) groups is 5. The Balaban J connectivity index is 3.02. The Morgan fingerprint density at radius 2 is 1.50 bits per heavy atom. The topological polar surface area (TPSA) is 278 Å². The number of carbonyl (C=O) groups excluding carboxylic acids is 4. The molecule has 5 unspecified atom stereocenters. The fourth-order valence-corrected chi connectivity index (χ4v) is 3.34. The molecular formula is C23H36N8O7. The van der Waals surface area contributed by atoms with E-state index in [4.69, 9.17) is 22.9 Å². The number of carboxylic acid groups (broad SMARTS) is 1. The lowest BCUT2D eigenvalue weighted by atomic mass is 10.0. The number of rotatable bonds is 16. The molecule has 0 radical (unpaired) electrons. The molecular weight excluding hydrogens is 500 g/mol. The highest BCUT2D eigenvalue weighted by molar-refractivity contribution is 5.96. The van der Waals surface area contributed by atoms with Crippen LogP contribution in [0.1, 0.15) is 31.7 Å². The van der Waals surface area contributed by atoms with E-state index in [0.717, 1.165) is 5.56 Å². The number of aliphatic imine (C=N–C) groups is 1. The van der Waals surface area contributed by atoms with Gasteiger partial charge in [-0.2, -0.15) is 0 Å². The van der Waals surface area contributed by atoms with Crippen molar-refractivity contribution in [2.45, 2.75) is 62.9 Å². The van der Waals surface area contributed by atoms with Crippen molar-refractivity contribution < 1.29 is 34.2 Å². The molecule has 0 spiro atoms. The summed E-state index contributed by atoms with van der Waals surface area (Å²) in [5.74, 6) is -5.19. The van der Waals surface area contributed by atoms with Gasteiger partial charge in [0, 0.05) is 6.54 Å². The fraction of sp³-hybridized carbons (Fsp3) is 0.478. The van der Waals surface area contributed by atoms with Crippen LogP contribution in [0.4, 0.5) is 0 Å². The molecule has 1 aromatic rings. The summed E-state index contributed by atoms with van der Waals surface area (Å²) in [6, 6.07) is 3.37. The van der Waals surface area contributed by atoms with Gasteiger partial charge in [0.1, 0.15) is 12.1 Å². The predicted molar refractivity (Wildman–Crippen MR) is 137 cm³/mol. The highest BCUT2D eigenvalue weighted by atomic mass is 16.4. The average Bonchev–Trinajstić information content (AvgIpc) is 2.83. The van der Waals surface area contributed by atoms with E-state index >= 15 is 0 Å². The molecule has 210 valence electrons. The summed E-state index contributed by atoms with van der Waals surface area (Å²) in [5, 5.41) is 25.8. The zero-order chi connectivity index (χ0) is 28.8. The summed E-state index contributed by atoms with van der Waals surface area (Å²) in [6.45, 7) is 1.26. The van der Waals surface area contributed by atoms with Crippen LogP contribution in [0, 0.1) is 0 Å². The summed E-state index contributed by atoms with van der Waals surface area (Å²) in [7, 11) is 0. The lowest BCUT2D eigenvalue weighted by Crippen LogP contribution is -2.58. The first-order chi connectivity index (χ1) is 17.8. The molecule has 0 saturated heterocycles. The Bertz CT molecular complexity index is 999. The second-order valence-corrected chi connectivity index (χ2v) is 8.60. The van der Waals surface area contributed by atoms with Gasteiger partial charge in [-0.1, -0.05) is 30.3 Å². The zero-order valence-corrected chi connectivity index (χ0v) is 21.0. The van der Waals surface area contributed by atoms with Crippen LogP contribution >= 0.6 is 0 Å². The number of amides is 4. The number of nitrogens with zero attached hydrogens (tertiary/aromatic N) is 1. The first-order valence-electron chi connectivity index (χ1n) is 11.8. The van der Waals surface area contributed by atoms with Crippen LogP contribution in [-0.4, -0.2) is 82.6 Å². The molecule has 13 N–H and O–H groups in total. The predicted octanol–water partition coefficient (Wildman–Crippen LogP) is -3.59. The molecule has 0 fully saturated rings. The Morgan fingerprint density at radius 3 is 2.03 bits per heavy atom. The molecule has 15 heteroatoms. The molecule has 4 amide bonds. The maximum Gasteiger partial charge on any atom is 0.328 e. The van der Waals surface area contributed by atoms with Crippen molar-refractivity contribution in [2.24, 2.45) is 27.9 Å². The lowest BCUT2D eigenvalue weighted by Gasteiger charge is -2.25. The van der Waals surface area contributed by atoms with Crippen LogP contribution < -0.4 is 38.9 Å². The zero-order valence-electron chi connectivity index (χ0n) is 21.0. The van der Waals surface area contributed by atoms with Crippen LogP contribution in [-0.2, 0) is 30.4 Å². The van der Waals surface area contributed by atoms with Crippen molar-refractivity contribution in [1.82, 2.24) is 16.0 Å². The molecule has 0 heterocycles. The normalized spacial score (nSPS) is 14.6.